The summed E-state index contributed by atoms with van der Waals surface area (Å²) in [5.41, 5.74) is 0.853. The van der Waals surface area contributed by atoms with E-state index in [2.05, 4.69) is 34.9 Å². The van der Waals surface area contributed by atoms with Crippen LogP contribution >= 0.6 is 11.3 Å². The van der Waals surface area contributed by atoms with Crippen LogP contribution in [0, 0.1) is 11.3 Å². The number of nitrogens with one attached hydrogen (secondary N) is 1. The van der Waals surface area contributed by atoms with Crippen molar-refractivity contribution in [3.8, 4) is 5.75 Å². The minimum Gasteiger partial charge on any atom is -0.507 e. The monoisotopic (exact) mass is 538 g/mol. The van der Waals surface area contributed by atoms with Crippen molar-refractivity contribution in [2.24, 2.45) is 11.3 Å². The van der Waals surface area contributed by atoms with Crippen LogP contribution in [0.2, 0.25) is 0 Å². The van der Waals surface area contributed by atoms with Gasteiger partial charge in [-0.1, -0.05) is 43.4 Å². The van der Waals surface area contributed by atoms with Crippen LogP contribution in [0.15, 0.2) is 79.8 Å². The predicted molar refractivity (Wildman–Crippen MR) is 145 cm³/mol. The van der Waals surface area contributed by atoms with E-state index in [-0.39, 0.29) is 32.9 Å². The number of aromatic hydroxyl groups is 1. The number of allylic oxidation sites excluding steroid dienone is 4. The molecule has 2 atom stereocenters. The van der Waals surface area contributed by atoms with Gasteiger partial charge in [-0.15, -0.1) is 11.3 Å². The van der Waals surface area contributed by atoms with Gasteiger partial charge in [0.05, 0.1) is 5.56 Å². The Hall–Kier alpha value is -3.17. The zero-order valence-corrected chi connectivity index (χ0v) is 22.2. The lowest BCUT2D eigenvalue weighted by Gasteiger charge is -2.30. The summed E-state index contributed by atoms with van der Waals surface area (Å²) in [6.45, 7) is 2.16. The lowest BCUT2D eigenvalue weighted by atomic mass is 9.75. The summed E-state index contributed by atoms with van der Waals surface area (Å²) in [6, 6.07) is 8.54. The van der Waals surface area contributed by atoms with Crippen LogP contribution in [-0.4, -0.2) is 18.5 Å². The molecule has 37 heavy (non-hydrogen) atoms. The highest BCUT2D eigenvalue weighted by atomic mass is 32.2. The number of thiazole rings is 1. The smallest absolute Gasteiger partial charge is 0.343 e. The first kappa shape index (κ1) is 25.5. The summed E-state index contributed by atoms with van der Waals surface area (Å²) in [5, 5.41) is 12.6. The number of aromatic nitrogens is 1. The van der Waals surface area contributed by atoms with E-state index >= 15 is 0 Å². The van der Waals surface area contributed by atoms with Crippen molar-refractivity contribution < 1.29 is 17.9 Å². The van der Waals surface area contributed by atoms with E-state index < -0.39 is 15.6 Å². The lowest BCUT2D eigenvalue weighted by Crippen LogP contribution is -2.20. The first-order valence-corrected chi connectivity index (χ1v) is 14.9. The van der Waals surface area contributed by atoms with E-state index in [1.165, 1.54) is 6.20 Å². The zero-order chi connectivity index (χ0) is 26.0. The van der Waals surface area contributed by atoms with Gasteiger partial charge in [-0.2, -0.15) is 8.42 Å². The van der Waals surface area contributed by atoms with Crippen LogP contribution in [0.25, 0.3) is 0 Å². The molecule has 0 saturated heterocycles. The highest BCUT2D eigenvalue weighted by Gasteiger charge is 2.38. The Morgan fingerprint density at radius 1 is 1.27 bits per heavy atom. The van der Waals surface area contributed by atoms with E-state index in [9.17, 15) is 18.3 Å². The number of hydrogen-bond donors (Lipinski definition) is 2. The molecule has 2 aliphatic rings. The molecular formula is C28H30N2O5S2. The fourth-order valence-corrected chi connectivity index (χ4v) is 6.98. The van der Waals surface area contributed by atoms with Crippen molar-refractivity contribution in [3.05, 3.63) is 93.5 Å². The average Bonchev–Trinajstić information content (AvgIpc) is 3.55. The molecule has 1 aromatic carbocycles. The first-order valence-electron chi connectivity index (χ1n) is 12.5. The molecule has 0 aliphatic heterocycles. The summed E-state index contributed by atoms with van der Waals surface area (Å²) >= 11 is 1.04. The van der Waals surface area contributed by atoms with E-state index in [0.717, 1.165) is 49.0 Å². The summed E-state index contributed by atoms with van der Waals surface area (Å²) in [5.74, 6) is 0.194. The van der Waals surface area contributed by atoms with Crippen LogP contribution in [0.5, 0.6) is 5.75 Å². The lowest BCUT2D eigenvalue weighted by molar-refractivity contribution is 0.318. The maximum atomic E-state index is 13.2. The largest absolute Gasteiger partial charge is 0.507 e. The molecule has 0 radical (unpaired) electrons. The first-order chi connectivity index (χ1) is 17.8. The minimum absolute atomic E-state index is 0.0184. The van der Waals surface area contributed by atoms with Crippen molar-refractivity contribution in [1.82, 2.24) is 4.98 Å². The van der Waals surface area contributed by atoms with Gasteiger partial charge in [0.25, 0.3) is 10.0 Å². The number of sulfonamides is 1. The highest BCUT2D eigenvalue weighted by molar-refractivity contribution is 7.94. The molecule has 0 bridgehead atoms. The third kappa shape index (κ3) is 5.57. The van der Waals surface area contributed by atoms with Crippen molar-refractivity contribution in [3.63, 3.8) is 0 Å². The van der Waals surface area contributed by atoms with Crippen LogP contribution in [0.3, 0.4) is 0 Å². The van der Waals surface area contributed by atoms with Gasteiger partial charge >= 0.3 is 5.63 Å². The Morgan fingerprint density at radius 2 is 2.11 bits per heavy atom. The molecule has 2 N–H and O–H groups in total. The maximum Gasteiger partial charge on any atom is 0.343 e. The molecule has 0 spiro atoms. The fourth-order valence-electron chi connectivity index (χ4n) is 5.09. The van der Waals surface area contributed by atoms with Gasteiger partial charge in [0.2, 0.25) is 4.34 Å². The normalized spacial score (nSPS) is 20.1. The van der Waals surface area contributed by atoms with E-state index in [0.29, 0.717) is 17.9 Å². The van der Waals surface area contributed by atoms with Gasteiger partial charge in [-0.05, 0) is 61.1 Å². The standard InChI is InChI=1S/C28H30N2O5S2/c1-2-28(12-4-3-5-13-28)14-11-22-18-23(31)25(26(32)35-22)24(19-9-10-19)20-7-6-8-21(17-20)30-37(33,34)27-29-15-16-36-27/h3-8,12,15-19,24,30-31H,2,9-11,13-14H2,1H3. The Bertz CT molecular complexity index is 1490. The van der Waals surface area contributed by atoms with Crippen molar-refractivity contribution in [2.75, 3.05) is 4.72 Å². The summed E-state index contributed by atoms with van der Waals surface area (Å²) in [6.07, 6.45) is 15.1. The molecule has 3 aromatic rings. The topological polar surface area (TPSA) is 110 Å². The summed E-state index contributed by atoms with van der Waals surface area (Å²) in [7, 11) is -3.81. The van der Waals surface area contributed by atoms with Gasteiger partial charge < -0.3 is 9.52 Å². The second-order valence-corrected chi connectivity index (χ2v) is 12.6. The molecule has 2 heterocycles. The number of benzene rings is 1. The van der Waals surface area contributed by atoms with Crippen LogP contribution in [0.1, 0.15) is 61.8 Å². The summed E-state index contributed by atoms with van der Waals surface area (Å²) in [4.78, 5) is 17.1. The van der Waals surface area contributed by atoms with E-state index in [1.807, 2.05) is 12.1 Å². The Morgan fingerprint density at radius 3 is 2.76 bits per heavy atom. The SMILES string of the molecule is CCC1(CCc2cc(O)c(C(c3cccc(NS(=O)(=O)c4nccs4)c3)C3CC3)c(=O)o2)C=CC=CC1. The highest BCUT2D eigenvalue weighted by Crippen LogP contribution is 2.48. The Kier molecular flexibility index (Phi) is 7.09. The molecule has 1 saturated carbocycles. The maximum absolute atomic E-state index is 13.2. The van der Waals surface area contributed by atoms with Crippen molar-refractivity contribution in [1.29, 1.82) is 0 Å². The van der Waals surface area contributed by atoms with Crippen molar-refractivity contribution in [2.45, 2.75) is 55.7 Å². The Labute approximate surface area is 220 Å². The molecule has 2 aliphatic carbocycles. The van der Waals surface area contributed by atoms with E-state index in [4.69, 9.17) is 4.42 Å². The fraction of sp³-hybridized carbons (Fsp3) is 0.357. The zero-order valence-electron chi connectivity index (χ0n) is 20.6. The molecule has 9 heteroatoms. The van der Waals surface area contributed by atoms with Crippen LogP contribution in [-0.2, 0) is 16.4 Å². The second kappa shape index (κ2) is 10.3. The van der Waals surface area contributed by atoms with Gasteiger partial charge in [-0.3, -0.25) is 4.72 Å². The summed E-state index contributed by atoms with van der Waals surface area (Å²) < 4.78 is 33.6. The molecule has 194 valence electrons. The number of rotatable bonds is 10. The van der Waals surface area contributed by atoms with Gasteiger partial charge in [-0.25, -0.2) is 9.78 Å². The Balaban J connectivity index is 1.41. The molecule has 1 fully saturated rings. The number of nitrogens with zero attached hydrogens (tertiary/aromatic N) is 1. The number of hydrogen-bond acceptors (Lipinski definition) is 7. The molecule has 2 unspecified atom stereocenters. The molecule has 2 aromatic heterocycles. The molecule has 5 rings (SSSR count). The third-order valence-electron chi connectivity index (χ3n) is 7.35. The minimum atomic E-state index is -3.81. The van der Waals surface area contributed by atoms with Crippen LogP contribution in [0.4, 0.5) is 5.69 Å². The number of anilines is 1. The van der Waals surface area contributed by atoms with Crippen molar-refractivity contribution >= 4 is 27.0 Å². The number of aryl methyl sites for hydroxylation is 1. The third-order valence-corrected chi connectivity index (χ3v) is 9.94. The molecule has 7 nitrogen and oxygen atoms in total. The predicted octanol–water partition coefficient (Wildman–Crippen LogP) is 5.99. The van der Waals surface area contributed by atoms with Gasteiger partial charge in [0, 0.05) is 35.7 Å². The van der Waals surface area contributed by atoms with Gasteiger partial charge in [0.15, 0.2) is 0 Å². The van der Waals surface area contributed by atoms with E-state index in [1.54, 1.807) is 29.6 Å². The van der Waals surface area contributed by atoms with Crippen LogP contribution < -0.4 is 10.3 Å². The average molecular weight is 539 g/mol. The quantitative estimate of drug-likeness (QED) is 0.328. The second-order valence-electron chi connectivity index (χ2n) is 9.85. The molecular weight excluding hydrogens is 508 g/mol. The van der Waals surface area contributed by atoms with Gasteiger partial charge in [0.1, 0.15) is 11.5 Å². The molecule has 0 amide bonds.